The Kier molecular flexibility index (Phi) is 3.95. The summed E-state index contributed by atoms with van der Waals surface area (Å²) in [5.74, 6) is -0.999. The fraction of sp³-hybridized carbons (Fsp3) is 0.176. The first-order chi connectivity index (χ1) is 9.99. The normalized spacial score (nSPS) is 13.0. The Morgan fingerprint density at radius 3 is 2.43 bits per heavy atom. The Labute approximate surface area is 123 Å². The van der Waals surface area contributed by atoms with Crippen molar-refractivity contribution >= 4 is 11.7 Å². The van der Waals surface area contributed by atoms with Gasteiger partial charge in [-0.15, -0.1) is 0 Å². The summed E-state index contributed by atoms with van der Waals surface area (Å²) in [5.41, 5.74) is 1.13. The summed E-state index contributed by atoms with van der Waals surface area (Å²) in [6, 6.07) is 16.3. The van der Waals surface area contributed by atoms with Crippen LogP contribution in [0.15, 0.2) is 48.5 Å². The lowest BCUT2D eigenvalue weighted by Crippen LogP contribution is -2.40. The quantitative estimate of drug-likeness (QED) is 0.901. The van der Waals surface area contributed by atoms with E-state index in [-0.39, 0.29) is 0 Å². The molecule has 0 amide bonds. The molecule has 2 N–H and O–H groups in total. The van der Waals surface area contributed by atoms with Crippen LogP contribution in [0.4, 0.5) is 5.69 Å². The summed E-state index contributed by atoms with van der Waals surface area (Å²) >= 11 is 0. The molecule has 0 aliphatic rings. The lowest BCUT2D eigenvalue weighted by atomic mass is 9.91. The van der Waals surface area contributed by atoms with Crippen LogP contribution in [0.25, 0.3) is 0 Å². The maximum absolute atomic E-state index is 11.8. The van der Waals surface area contributed by atoms with E-state index in [1.165, 1.54) is 0 Å². The number of carboxylic acids is 1. The van der Waals surface area contributed by atoms with Gasteiger partial charge in [0.15, 0.2) is 5.54 Å². The lowest BCUT2D eigenvalue weighted by Gasteiger charge is -2.29. The van der Waals surface area contributed by atoms with Crippen LogP contribution >= 0.6 is 0 Å². The van der Waals surface area contributed by atoms with E-state index >= 15 is 0 Å². The van der Waals surface area contributed by atoms with Gasteiger partial charge in [0.05, 0.1) is 11.3 Å². The predicted octanol–water partition coefficient (Wildman–Crippen LogP) is 3.28. The molecule has 2 rings (SSSR count). The third-order valence-electron chi connectivity index (χ3n) is 3.55. The first-order valence-electron chi connectivity index (χ1n) is 6.56. The average molecular weight is 280 g/mol. The molecule has 4 heteroatoms. The van der Waals surface area contributed by atoms with Crippen molar-refractivity contribution in [1.29, 1.82) is 5.26 Å². The average Bonchev–Trinajstić information content (AvgIpc) is 2.49. The van der Waals surface area contributed by atoms with Crippen LogP contribution in [-0.2, 0) is 10.3 Å². The monoisotopic (exact) mass is 280 g/mol. The molecule has 0 spiro atoms. The van der Waals surface area contributed by atoms with Gasteiger partial charge >= 0.3 is 5.97 Å². The molecule has 0 aromatic heterocycles. The lowest BCUT2D eigenvalue weighted by molar-refractivity contribution is -0.142. The van der Waals surface area contributed by atoms with Gasteiger partial charge < -0.3 is 10.4 Å². The van der Waals surface area contributed by atoms with Crippen LogP contribution in [0.3, 0.4) is 0 Å². The topological polar surface area (TPSA) is 73.1 Å². The number of hydrogen-bond acceptors (Lipinski definition) is 3. The standard InChI is InChI=1S/C17H16N2O2/c1-12-7-6-8-13(11-18)15(12)19-17(2,16(20)21)14-9-4-3-5-10-14/h3-10,19H,1-2H3,(H,20,21). The Balaban J connectivity index is 2.53. The van der Waals surface area contributed by atoms with Crippen molar-refractivity contribution < 1.29 is 9.90 Å². The summed E-state index contributed by atoms with van der Waals surface area (Å²) < 4.78 is 0. The van der Waals surface area contributed by atoms with Gasteiger partial charge in [-0.1, -0.05) is 42.5 Å². The zero-order valence-corrected chi connectivity index (χ0v) is 11.9. The minimum Gasteiger partial charge on any atom is -0.479 e. The number of hydrogen-bond donors (Lipinski definition) is 2. The molecule has 0 saturated carbocycles. The number of aryl methyl sites for hydroxylation is 1. The van der Waals surface area contributed by atoms with Crippen molar-refractivity contribution in [3.63, 3.8) is 0 Å². The fourth-order valence-electron chi connectivity index (χ4n) is 2.20. The zero-order chi connectivity index (χ0) is 15.5. The van der Waals surface area contributed by atoms with Gasteiger partial charge in [-0.25, -0.2) is 4.79 Å². The molecule has 0 aliphatic heterocycles. The van der Waals surface area contributed by atoms with Crippen molar-refractivity contribution in [2.24, 2.45) is 0 Å². The molecule has 0 radical (unpaired) electrons. The molecule has 0 aliphatic carbocycles. The molecule has 21 heavy (non-hydrogen) atoms. The minimum atomic E-state index is -1.31. The number of nitrogens with one attached hydrogen (secondary N) is 1. The number of nitriles is 1. The summed E-state index contributed by atoms with van der Waals surface area (Å²) in [5, 5.41) is 21.9. The van der Waals surface area contributed by atoms with Gasteiger partial charge in [-0.2, -0.15) is 5.26 Å². The second-order valence-electron chi connectivity index (χ2n) is 5.03. The number of benzene rings is 2. The molecule has 0 bridgehead atoms. The Hall–Kier alpha value is -2.80. The molecule has 1 unspecified atom stereocenters. The number of carboxylic acid groups (broad SMARTS) is 1. The maximum atomic E-state index is 11.8. The summed E-state index contributed by atoms with van der Waals surface area (Å²) in [6.07, 6.45) is 0. The number of para-hydroxylation sites is 1. The fourth-order valence-corrected chi connectivity index (χ4v) is 2.20. The van der Waals surface area contributed by atoms with Crippen LogP contribution in [0.5, 0.6) is 0 Å². The molecular formula is C17H16N2O2. The number of rotatable bonds is 4. The van der Waals surface area contributed by atoms with Gasteiger partial charge in [0.25, 0.3) is 0 Å². The minimum absolute atomic E-state index is 0.429. The number of anilines is 1. The Morgan fingerprint density at radius 2 is 1.86 bits per heavy atom. The smallest absolute Gasteiger partial charge is 0.333 e. The van der Waals surface area contributed by atoms with Crippen LogP contribution in [0, 0.1) is 18.3 Å². The summed E-state index contributed by atoms with van der Waals surface area (Å²) in [7, 11) is 0. The summed E-state index contributed by atoms with van der Waals surface area (Å²) in [4.78, 5) is 11.8. The first kappa shape index (κ1) is 14.6. The Bertz CT molecular complexity index is 704. The molecular weight excluding hydrogens is 264 g/mol. The van der Waals surface area contributed by atoms with E-state index in [0.29, 0.717) is 16.8 Å². The molecule has 0 fully saturated rings. The van der Waals surface area contributed by atoms with Crippen molar-refractivity contribution in [3.8, 4) is 6.07 Å². The van der Waals surface area contributed by atoms with E-state index in [1.807, 2.05) is 19.1 Å². The highest BCUT2D eigenvalue weighted by Crippen LogP contribution is 2.30. The molecule has 4 nitrogen and oxygen atoms in total. The van der Waals surface area contributed by atoms with Crippen LogP contribution in [0.2, 0.25) is 0 Å². The maximum Gasteiger partial charge on any atom is 0.333 e. The third kappa shape index (κ3) is 2.72. The van der Waals surface area contributed by atoms with Crippen molar-refractivity contribution in [1.82, 2.24) is 0 Å². The van der Waals surface area contributed by atoms with E-state index in [9.17, 15) is 15.2 Å². The zero-order valence-electron chi connectivity index (χ0n) is 11.9. The SMILES string of the molecule is Cc1cccc(C#N)c1NC(C)(C(=O)O)c1ccccc1. The molecule has 0 heterocycles. The van der Waals surface area contributed by atoms with Crippen molar-refractivity contribution in [3.05, 3.63) is 65.2 Å². The molecule has 2 aromatic rings. The number of nitrogens with zero attached hydrogens (tertiary/aromatic N) is 1. The highest BCUT2D eigenvalue weighted by Gasteiger charge is 2.35. The summed E-state index contributed by atoms with van der Waals surface area (Å²) in [6.45, 7) is 3.44. The highest BCUT2D eigenvalue weighted by atomic mass is 16.4. The van der Waals surface area contributed by atoms with Gasteiger partial charge in [0.2, 0.25) is 0 Å². The third-order valence-corrected chi connectivity index (χ3v) is 3.55. The highest BCUT2D eigenvalue weighted by molar-refractivity contribution is 5.85. The van der Waals surface area contributed by atoms with E-state index in [0.717, 1.165) is 5.56 Å². The largest absolute Gasteiger partial charge is 0.479 e. The van der Waals surface area contributed by atoms with Crippen LogP contribution in [0.1, 0.15) is 23.6 Å². The van der Waals surface area contributed by atoms with Gasteiger partial charge in [0.1, 0.15) is 6.07 Å². The van der Waals surface area contributed by atoms with E-state index in [1.54, 1.807) is 43.3 Å². The Morgan fingerprint density at radius 1 is 1.19 bits per heavy atom. The molecule has 106 valence electrons. The van der Waals surface area contributed by atoms with E-state index in [4.69, 9.17) is 0 Å². The van der Waals surface area contributed by atoms with Gasteiger partial charge in [0, 0.05) is 0 Å². The number of aliphatic carboxylic acids is 1. The number of carbonyl (C=O) groups is 1. The van der Waals surface area contributed by atoms with Crippen LogP contribution < -0.4 is 5.32 Å². The van der Waals surface area contributed by atoms with E-state index in [2.05, 4.69) is 11.4 Å². The molecule has 2 aromatic carbocycles. The molecule has 0 saturated heterocycles. The second kappa shape index (κ2) is 5.68. The van der Waals surface area contributed by atoms with Crippen molar-refractivity contribution in [2.75, 3.05) is 5.32 Å². The second-order valence-corrected chi connectivity index (χ2v) is 5.03. The predicted molar refractivity (Wildman–Crippen MR) is 80.9 cm³/mol. The van der Waals surface area contributed by atoms with Gasteiger partial charge in [-0.05, 0) is 31.0 Å². The van der Waals surface area contributed by atoms with E-state index < -0.39 is 11.5 Å². The molecule has 1 atom stereocenters. The van der Waals surface area contributed by atoms with Crippen LogP contribution in [-0.4, -0.2) is 11.1 Å². The first-order valence-corrected chi connectivity index (χ1v) is 6.56. The van der Waals surface area contributed by atoms with Crippen molar-refractivity contribution in [2.45, 2.75) is 19.4 Å². The van der Waals surface area contributed by atoms with Gasteiger partial charge in [-0.3, -0.25) is 0 Å².